The summed E-state index contributed by atoms with van der Waals surface area (Å²) in [7, 11) is 3.35. The van der Waals surface area contributed by atoms with Crippen LogP contribution in [0.15, 0.2) is 0 Å². The highest BCUT2D eigenvalue weighted by atomic mass is 16.4. The van der Waals surface area contributed by atoms with E-state index in [1.165, 1.54) is 16.7 Å². The van der Waals surface area contributed by atoms with Crippen molar-refractivity contribution in [3.63, 3.8) is 0 Å². The second-order valence-corrected chi connectivity index (χ2v) is 4.55. The van der Waals surface area contributed by atoms with E-state index >= 15 is 0 Å². The second-order valence-electron chi connectivity index (χ2n) is 4.55. The molecule has 1 rings (SSSR count). The number of hydrogen-bond acceptors (Lipinski definition) is 3. The molecule has 7 heteroatoms. The third-order valence-electron chi connectivity index (χ3n) is 2.99. The van der Waals surface area contributed by atoms with Crippen LogP contribution in [0.1, 0.15) is 6.92 Å². The van der Waals surface area contributed by atoms with E-state index in [1.807, 2.05) is 0 Å². The standard InChI is InChI=1S/C11H19N3O4/c1-8(10(16)17)9(15)13-4-6-14(7-5-13)11(18)12(2)3/h8H,4-7H2,1-3H3,(H,16,17). The summed E-state index contributed by atoms with van der Waals surface area (Å²) in [4.78, 5) is 38.8. The lowest BCUT2D eigenvalue weighted by Crippen LogP contribution is -2.54. The molecular formula is C11H19N3O4. The van der Waals surface area contributed by atoms with Gasteiger partial charge in [0.25, 0.3) is 0 Å². The van der Waals surface area contributed by atoms with Gasteiger partial charge in [0.1, 0.15) is 5.92 Å². The fourth-order valence-corrected chi connectivity index (χ4v) is 1.78. The Hall–Kier alpha value is -1.79. The van der Waals surface area contributed by atoms with Crippen molar-refractivity contribution >= 4 is 17.9 Å². The van der Waals surface area contributed by atoms with E-state index in [0.29, 0.717) is 26.2 Å². The average Bonchev–Trinajstić information content (AvgIpc) is 2.36. The van der Waals surface area contributed by atoms with Gasteiger partial charge < -0.3 is 19.8 Å². The Balaban J connectivity index is 2.52. The number of nitrogens with zero attached hydrogens (tertiary/aromatic N) is 3. The minimum absolute atomic E-state index is 0.0895. The van der Waals surface area contributed by atoms with Gasteiger partial charge in [-0.25, -0.2) is 4.79 Å². The Bertz CT molecular complexity index is 348. The van der Waals surface area contributed by atoms with Gasteiger partial charge in [-0.1, -0.05) is 0 Å². The molecule has 0 spiro atoms. The molecule has 0 bridgehead atoms. The van der Waals surface area contributed by atoms with E-state index in [2.05, 4.69) is 0 Å². The lowest BCUT2D eigenvalue weighted by Gasteiger charge is -2.36. The molecule has 1 aliphatic rings. The van der Waals surface area contributed by atoms with Crippen molar-refractivity contribution in [1.29, 1.82) is 0 Å². The zero-order chi connectivity index (χ0) is 13.9. The second kappa shape index (κ2) is 5.70. The van der Waals surface area contributed by atoms with Crippen molar-refractivity contribution < 1.29 is 19.5 Å². The van der Waals surface area contributed by atoms with Crippen molar-refractivity contribution in [2.75, 3.05) is 40.3 Å². The van der Waals surface area contributed by atoms with Gasteiger partial charge in [-0.05, 0) is 6.92 Å². The summed E-state index contributed by atoms with van der Waals surface area (Å²) < 4.78 is 0. The van der Waals surface area contributed by atoms with Crippen LogP contribution in [0, 0.1) is 5.92 Å². The van der Waals surface area contributed by atoms with Crippen LogP contribution in [0.25, 0.3) is 0 Å². The fraction of sp³-hybridized carbons (Fsp3) is 0.727. The SMILES string of the molecule is CC(C(=O)O)C(=O)N1CCN(C(=O)N(C)C)CC1. The molecule has 0 aromatic carbocycles. The molecule has 1 heterocycles. The van der Waals surface area contributed by atoms with E-state index < -0.39 is 11.9 Å². The molecule has 1 fully saturated rings. The third-order valence-corrected chi connectivity index (χ3v) is 2.99. The van der Waals surface area contributed by atoms with E-state index in [1.54, 1.807) is 19.0 Å². The Morgan fingerprint density at radius 2 is 1.50 bits per heavy atom. The molecule has 0 saturated carbocycles. The molecule has 1 saturated heterocycles. The number of urea groups is 1. The predicted octanol–water partition coefficient (Wildman–Crippen LogP) is -0.467. The van der Waals surface area contributed by atoms with Gasteiger partial charge in [0.15, 0.2) is 0 Å². The highest BCUT2D eigenvalue weighted by molar-refractivity contribution is 5.96. The maximum absolute atomic E-state index is 11.8. The molecule has 1 N–H and O–H groups in total. The van der Waals surface area contributed by atoms with Gasteiger partial charge in [-0.15, -0.1) is 0 Å². The normalized spacial score (nSPS) is 17.3. The molecule has 3 amide bonds. The van der Waals surface area contributed by atoms with Crippen LogP contribution in [0.4, 0.5) is 4.79 Å². The Morgan fingerprint density at radius 3 is 1.89 bits per heavy atom. The summed E-state index contributed by atoms with van der Waals surface area (Å²) in [6.07, 6.45) is 0. The number of hydrogen-bond donors (Lipinski definition) is 1. The minimum atomic E-state index is -1.12. The summed E-state index contributed by atoms with van der Waals surface area (Å²) in [6.45, 7) is 3.03. The summed E-state index contributed by atoms with van der Waals surface area (Å²) in [5, 5.41) is 8.78. The van der Waals surface area contributed by atoms with Crippen molar-refractivity contribution in [3.8, 4) is 0 Å². The first-order valence-electron chi connectivity index (χ1n) is 5.82. The molecule has 0 radical (unpaired) electrons. The smallest absolute Gasteiger partial charge is 0.319 e. The van der Waals surface area contributed by atoms with Crippen molar-refractivity contribution in [2.24, 2.45) is 5.92 Å². The first-order chi connectivity index (χ1) is 8.34. The average molecular weight is 257 g/mol. The number of rotatable bonds is 2. The van der Waals surface area contributed by atoms with E-state index in [4.69, 9.17) is 5.11 Å². The largest absolute Gasteiger partial charge is 0.481 e. The maximum Gasteiger partial charge on any atom is 0.319 e. The summed E-state index contributed by atoms with van der Waals surface area (Å²) >= 11 is 0. The first-order valence-corrected chi connectivity index (χ1v) is 5.82. The molecular weight excluding hydrogens is 238 g/mol. The van der Waals surface area contributed by atoms with Gasteiger partial charge >= 0.3 is 12.0 Å². The number of carboxylic acids is 1. The number of carboxylic acid groups (broad SMARTS) is 1. The van der Waals surface area contributed by atoms with Crippen LogP contribution in [0.5, 0.6) is 0 Å². The van der Waals surface area contributed by atoms with E-state index in [9.17, 15) is 14.4 Å². The van der Waals surface area contributed by atoms with Crippen LogP contribution in [0.3, 0.4) is 0 Å². The lowest BCUT2D eigenvalue weighted by molar-refractivity contribution is -0.151. The zero-order valence-electron chi connectivity index (χ0n) is 10.9. The fourth-order valence-electron chi connectivity index (χ4n) is 1.78. The molecule has 1 unspecified atom stereocenters. The van der Waals surface area contributed by atoms with Crippen molar-refractivity contribution in [2.45, 2.75) is 6.92 Å². The van der Waals surface area contributed by atoms with Crippen LogP contribution in [-0.2, 0) is 9.59 Å². The molecule has 18 heavy (non-hydrogen) atoms. The van der Waals surface area contributed by atoms with E-state index in [0.717, 1.165) is 0 Å². The van der Waals surface area contributed by atoms with Gasteiger partial charge in [0, 0.05) is 40.3 Å². The third kappa shape index (κ3) is 3.12. The minimum Gasteiger partial charge on any atom is -0.481 e. The molecule has 0 aromatic rings. The Morgan fingerprint density at radius 1 is 1.06 bits per heavy atom. The zero-order valence-corrected chi connectivity index (χ0v) is 10.9. The quantitative estimate of drug-likeness (QED) is 0.678. The molecule has 1 aliphatic heterocycles. The van der Waals surface area contributed by atoms with Gasteiger partial charge in [-0.3, -0.25) is 9.59 Å². The van der Waals surface area contributed by atoms with Crippen molar-refractivity contribution in [1.82, 2.24) is 14.7 Å². The van der Waals surface area contributed by atoms with Crippen LogP contribution >= 0.6 is 0 Å². The number of carbonyl (C=O) groups is 3. The topological polar surface area (TPSA) is 81.2 Å². The van der Waals surface area contributed by atoms with Gasteiger partial charge in [-0.2, -0.15) is 0 Å². The summed E-state index contributed by atoms with van der Waals surface area (Å²) in [5.41, 5.74) is 0. The van der Waals surface area contributed by atoms with Crippen LogP contribution in [0.2, 0.25) is 0 Å². The predicted molar refractivity (Wildman–Crippen MR) is 64.0 cm³/mol. The van der Waals surface area contributed by atoms with Gasteiger partial charge in [0.05, 0.1) is 0 Å². The number of carbonyl (C=O) groups excluding carboxylic acids is 2. The van der Waals surface area contributed by atoms with Crippen LogP contribution < -0.4 is 0 Å². The first kappa shape index (κ1) is 14.3. The molecule has 102 valence electrons. The molecule has 0 aliphatic carbocycles. The molecule has 0 aromatic heterocycles. The number of aliphatic carboxylic acids is 1. The molecule has 1 atom stereocenters. The highest BCUT2D eigenvalue weighted by Crippen LogP contribution is 2.09. The molecule has 7 nitrogen and oxygen atoms in total. The highest BCUT2D eigenvalue weighted by Gasteiger charge is 2.30. The monoisotopic (exact) mass is 257 g/mol. The Kier molecular flexibility index (Phi) is 4.52. The summed E-state index contributed by atoms with van der Waals surface area (Å²) in [6, 6.07) is -0.0895. The summed E-state index contributed by atoms with van der Waals surface area (Å²) in [5.74, 6) is -2.53. The Labute approximate surface area is 106 Å². The number of amides is 3. The maximum atomic E-state index is 11.8. The van der Waals surface area contributed by atoms with Crippen molar-refractivity contribution in [3.05, 3.63) is 0 Å². The van der Waals surface area contributed by atoms with Gasteiger partial charge in [0.2, 0.25) is 5.91 Å². The lowest BCUT2D eigenvalue weighted by atomic mass is 10.1. The van der Waals surface area contributed by atoms with E-state index in [-0.39, 0.29) is 11.9 Å². The van der Waals surface area contributed by atoms with Crippen LogP contribution in [-0.4, -0.2) is 78.0 Å². The number of piperazine rings is 1.